The summed E-state index contributed by atoms with van der Waals surface area (Å²) < 4.78 is 27.0. The number of phenolic OH excluding ortho intramolecular Hbond substituents is 1. The average molecular weight is 326 g/mol. The Bertz CT molecular complexity index is 711. The van der Waals surface area contributed by atoms with Crippen LogP contribution >= 0.6 is 11.3 Å². The van der Waals surface area contributed by atoms with Gasteiger partial charge in [-0.1, -0.05) is 6.07 Å². The SMILES string of the molecule is CCN(c1cccc(O)c1)S(=O)(=O)c1ccc(CCN)s1. The van der Waals surface area contributed by atoms with Crippen LogP contribution in [0.15, 0.2) is 40.6 Å². The summed E-state index contributed by atoms with van der Waals surface area (Å²) in [5.41, 5.74) is 5.94. The van der Waals surface area contributed by atoms with E-state index in [0.29, 0.717) is 18.7 Å². The molecule has 2 rings (SSSR count). The summed E-state index contributed by atoms with van der Waals surface area (Å²) in [5.74, 6) is 0.0381. The predicted octanol–water partition coefficient (Wildman–Crippen LogP) is 2.17. The fourth-order valence-corrected chi connectivity index (χ4v) is 4.97. The molecule has 1 aromatic carbocycles. The maximum Gasteiger partial charge on any atom is 0.273 e. The number of nitrogens with zero attached hydrogens (tertiary/aromatic N) is 1. The van der Waals surface area contributed by atoms with Gasteiger partial charge in [-0.15, -0.1) is 11.3 Å². The van der Waals surface area contributed by atoms with Crippen molar-refractivity contribution in [3.05, 3.63) is 41.3 Å². The minimum Gasteiger partial charge on any atom is -0.508 e. The Balaban J connectivity index is 2.39. The highest BCUT2D eigenvalue weighted by Crippen LogP contribution is 2.30. The molecule has 0 aliphatic heterocycles. The topological polar surface area (TPSA) is 83.6 Å². The summed E-state index contributed by atoms with van der Waals surface area (Å²) in [7, 11) is -3.62. The molecule has 0 bridgehead atoms. The smallest absolute Gasteiger partial charge is 0.273 e. The molecule has 3 N–H and O–H groups in total. The van der Waals surface area contributed by atoms with Crippen molar-refractivity contribution in [2.75, 3.05) is 17.4 Å². The van der Waals surface area contributed by atoms with Gasteiger partial charge in [0.1, 0.15) is 9.96 Å². The summed E-state index contributed by atoms with van der Waals surface area (Å²) in [6, 6.07) is 9.63. The van der Waals surface area contributed by atoms with Gasteiger partial charge < -0.3 is 10.8 Å². The van der Waals surface area contributed by atoms with Gasteiger partial charge in [0.25, 0.3) is 10.0 Å². The summed E-state index contributed by atoms with van der Waals surface area (Å²) in [6.07, 6.45) is 0.665. The first-order valence-corrected chi connectivity index (χ1v) is 8.85. The van der Waals surface area contributed by atoms with E-state index in [4.69, 9.17) is 5.73 Å². The van der Waals surface area contributed by atoms with Crippen molar-refractivity contribution in [1.82, 2.24) is 0 Å². The van der Waals surface area contributed by atoms with Crippen molar-refractivity contribution in [3.8, 4) is 5.75 Å². The predicted molar refractivity (Wildman–Crippen MR) is 85.4 cm³/mol. The van der Waals surface area contributed by atoms with Crippen LogP contribution in [0.25, 0.3) is 0 Å². The highest BCUT2D eigenvalue weighted by molar-refractivity contribution is 7.94. The van der Waals surface area contributed by atoms with Gasteiger partial charge in [-0.2, -0.15) is 0 Å². The van der Waals surface area contributed by atoms with E-state index in [1.165, 1.54) is 27.8 Å². The van der Waals surface area contributed by atoms with Gasteiger partial charge in [-0.25, -0.2) is 8.42 Å². The molecule has 0 atom stereocenters. The lowest BCUT2D eigenvalue weighted by molar-refractivity contribution is 0.475. The maximum absolute atomic E-state index is 12.7. The van der Waals surface area contributed by atoms with Crippen molar-refractivity contribution >= 4 is 27.0 Å². The zero-order valence-electron chi connectivity index (χ0n) is 11.7. The highest BCUT2D eigenvalue weighted by atomic mass is 32.2. The Morgan fingerprint density at radius 2 is 2.05 bits per heavy atom. The van der Waals surface area contributed by atoms with E-state index in [1.54, 1.807) is 31.2 Å². The first kappa shape index (κ1) is 15.8. The van der Waals surface area contributed by atoms with Crippen LogP contribution < -0.4 is 10.0 Å². The molecule has 1 heterocycles. The number of rotatable bonds is 6. The fourth-order valence-electron chi connectivity index (χ4n) is 2.02. The van der Waals surface area contributed by atoms with Crippen molar-refractivity contribution in [2.45, 2.75) is 17.6 Å². The molecule has 0 amide bonds. The molecule has 0 spiro atoms. The van der Waals surface area contributed by atoms with Crippen molar-refractivity contribution in [3.63, 3.8) is 0 Å². The quantitative estimate of drug-likeness (QED) is 0.852. The molecule has 0 radical (unpaired) electrons. The summed E-state index contributed by atoms with van der Waals surface area (Å²) in [6.45, 7) is 2.54. The number of hydrogen-bond acceptors (Lipinski definition) is 5. The van der Waals surface area contributed by atoms with E-state index >= 15 is 0 Å². The van der Waals surface area contributed by atoms with Crippen molar-refractivity contribution < 1.29 is 13.5 Å². The van der Waals surface area contributed by atoms with E-state index in [1.807, 2.05) is 0 Å². The minimum absolute atomic E-state index is 0.0381. The third-order valence-corrected chi connectivity index (χ3v) is 6.49. The second-order valence-corrected chi connectivity index (χ2v) is 7.71. The second kappa shape index (κ2) is 6.46. The number of anilines is 1. The molecular weight excluding hydrogens is 308 g/mol. The molecule has 7 heteroatoms. The van der Waals surface area contributed by atoms with Gasteiger partial charge in [-0.3, -0.25) is 4.31 Å². The molecule has 21 heavy (non-hydrogen) atoms. The average Bonchev–Trinajstić information content (AvgIpc) is 2.89. The van der Waals surface area contributed by atoms with E-state index < -0.39 is 10.0 Å². The van der Waals surface area contributed by atoms with Crippen LogP contribution in [0.5, 0.6) is 5.75 Å². The molecule has 0 fully saturated rings. The van der Waals surface area contributed by atoms with Crippen molar-refractivity contribution in [2.24, 2.45) is 5.73 Å². The van der Waals surface area contributed by atoms with Crippen LogP contribution in [0.3, 0.4) is 0 Å². The lowest BCUT2D eigenvalue weighted by atomic mass is 10.3. The summed E-state index contributed by atoms with van der Waals surface area (Å²) in [4.78, 5) is 0.947. The number of hydrogen-bond donors (Lipinski definition) is 2. The lowest BCUT2D eigenvalue weighted by Gasteiger charge is -2.22. The molecule has 0 unspecified atom stereocenters. The van der Waals surface area contributed by atoms with Gasteiger partial charge >= 0.3 is 0 Å². The molecule has 0 aliphatic carbocycles. The van der Waals surface area contributed by atoms with Crippen molar-refractivity contribution in [1.29, 1.82) is 0 Å². The molecular formula is C14H18N2O3S2. The number of benzene rings is 1. The molecule has 5 nitrogen and oxygen atoms in total. The normalized spacial score (nSPS) is 11.5. The Labute approximate surface area is 128 Å². The van der Waals surface area contributed by atoms with Crippen LogP contribution in [-0.2, 0) is 16.4 Å². The first-order chi connectivity index (χ1) is 9.98. The Morgan fingerprint density at radius 1 is 1.29 bits per heavy atom. The molecule has 1 aromatic heterocycles. The number of aromatic hydroxyl groups is 1. The third-order valence-electron chi connectivity index (χ3n) is 2.98. The second-order valence-electron chi connectivity index (χ2n) is 4.45. The van der Waals surface area contributed by atoms with Gasteiger partial charge in [0.15, 0.2) is 0 Å². The zero-order valence-corrected chi connectivity index (χ0v) is 13.3. The molecule has 0 saturated carbocycles. The van der Waals surface area contributed by atoms with Gasteiger partial charge in [0.2, 0.25) is 0 Å². The van der Waals surface area contributed by atoms with Gasteiger partial charge in [0, 0.05) is 17.5 Å². The van der Waals surface area contributed by atoms with E-state index in [0.717, 1.165) is 4.88 Å². The van der Waals surface area contributed by atoms with Crippen LogP contribution in [0, 0.1) is 0 Å². The number of sulfonamides is 1. The van der Waals surface area contributed by atoms with Crippen LogP contribution in [0.2, 0.25) is 0 Å². The highest BCUT2D eigenvalue weighted by Gasteiger charge is 2.25. The largest absolute Gasteiger partial charge is 0.508 e. The van der Waals surface area contributed by atoms with Crippen LogP contribution in [-0.4, -0.2) is 26.6 Å². The van der Waals surface area contributed by atoms with E-state index in [-0.39, 0.29) is 16.5 Å². The Kier molecular flexibility index (Phi) is 4.87. The number of nitrogens with two attached hydrogens (primary N) is 1. The molecule has 0 aliphatic rings. The molecule has 114 valence electrons. The van der Waals surface area contributed by atoms with Crippen LogP contribution in [0.1, 0.15) is 11.8 Å². The van der Waals surface area contributed by atoms with E-state index in [9.17, 15) is 13.5 Å². The summed E-state index contributed by atoms with van der Waals surface area (Å²) in [5, 5.41) is 9.54. The lowest BCUT2D eigenvalue weighted by Crippen LogP contribution is -2.30. The minimum atomic E-state index is -3.62. The maximum atomic E-state index is 12.7. The fraction of sp³-hybridized carbons (Fsp3) is 0.286. The van der Waals surface area contributed by atoms with Gasteiger partial charge in [-0.05, 0) is 44.2 Å². The summed E-state index contributed by atoms with van der Waals surface area (Å²) >= 11 is 1.23. The Morgan fingerprint density at radius 3 is 2.67 bits per heavy atom. The van der Waals surface area contributed by atoms with Crippen LogP contribution in [0.4, 0.5) is 5.69 Å². The number of phenols is 1. The molecule has 0 saturated heterocycles. The zero-order chi connectivity index (χ0) is 15.5. The monoisotopic (exact) mass is 326 g/mol. The Hall–Kier alpha value is -1.57. The van der Waals surface area contributed by atoms with E-state index in [2.05, 4.69) is 0 Å². The molecule has 2 aromatic rings. The number of thiophene rings is 1. The first-order valence-electron chi connectivity index (χ1n) is 6.59. The standard InChI is InChI=1S/C14H18N2O3S2/c1-2-16(11-4-3-5-12(17)10-11)21(18,19)14-7-6-13(20-14)8-9-15/h3-7,10,17H,2,8-9,15H2,1H3. The third kappa shape index (κ3) is 3.37. The van der Waals surface area contributed by atoms with Gasteiger partial charge in [0.05, 0.1) is 5.69 Å².